The van der Waals surface area contributed by atoms with Crippen molar-refractivity contribution in [1.82, 2.24) is 25.0 Å². The largest absolute Gasteiger partial charge is 0.492 e. The summed E-state index contributed by atoms with van der Waals surface area (Å²) in [4.78, 5) is 8.92. The van der Waals surface area contributed by atoms with Crippen LogP contribution < -0.4 is 10.1 Å². The minimum absolute atomic E-state index is 0. The Morgan fingerprint density at radius 3 is 2.68 bits per heavy atom. The molecule has 1 fully saturated rings. The van der Waals surface area contributed by atoms with Crippen LogP contribution in [0, 0.1) is 0 Å². The molecule has 3 aromatic rings. The van der Waals surface area contributed by atoms with Crippen molar-refractivity contribution in [3.63, 3.8) is 0 Å². The van der Waals surface area contributed by atoms with Gasteiger partial charge in [-0.1, -0.05) is 37.3 Å². The molecule has 0 aliphatic heterocycles. The fourth-order valence-electron chi connectivity index (χ4n) is 3.64. The summed E-state index contributed by atoms with van der Waals surface area (Å²) in [6.45, 7) is 1.20. The van der Waals surface area contributed by atoms with E-state index in [1.54, 1.807) is 17.2 Å². The molecule has 0 radical (unpaired) electrons. The highest BCUT2D eigenvalue weighted by molar-refractivity contribution is 5.90. The van der Waals surface area contributed by atoms with E-state index in [-0.39, 0.29) is 12.4 Å². The third kappa shape index (κ3) is 5.32. The van der Waals surface area contributed by atoms with Gasteiger partial charge in [-0.3, -0.25) is 0 Å². The SMILES string of the molecule is Cl.c1cn(CCOc2ccc3ncnc(NC4CCCCCCC4)c3c2)nn1. The van der Waals surface area contributed by atoms with Crippen LogP contribution in [-0.2, 0) is 6.54 Å². The van der Waals surface area contributed by atoms with Crippen molar-refractivity contribution in [3.8, 4) is 5.75 Å². The Morgan fingerprint density at radius 1 is 1.07 bits per heavy atom. The van der Waals surface area contributed by atoms with Crippen LogP contribution in [0.3, 0.4) is 0 Å². The summed E-state index contributed by atoms with van der Waals surface area (Å²) < 4.78 is 7.65. The molecule has 0 bridgehead atoms. The Kier molecular flexibility index (Phi) is 7.42. The Morgan fingerprint density at radius 2 is 1.89 bits per heavy atom. The Bertz CT molecular complexity index is 849. The lowest BCUT2D eigenvalue weighted by Crippen LogP contribution is -2.21. The van der Waals surface area contributed by atoms with E-state index in [1.165, 1.54) is 44.9 Å². The summed E-state index contributed by atoms with van der Waals surface area (Å²) in [5, 5.41) is 12.4. The molecular formula is C20H27ClN6O. The number of fused-ring (bicyclic) bond motifs is 1. The fourth-order valence-corrected chi connectivity index (χ4v) is 3.64. The number of aromatic nitrogens is 5. The molecule has 8 heteroatoms. The van der Waals surface area contributed by atoms with Gasteiger partial charge in [-0.15, -0.1) is 17.5 Å². The zero-order valence-corrected chi connectivity index (χ0v) is 16.8. The zero-order chi connectivity index (χ0) is 18.3. The van der Waals surface area contributed by atoms with Gasteiger partial charge in [0.05, 0.1) is 18.3 Å². The maximum Gasteiger partial charge on any atom is 0.137 e. The summed E-state index contributed by atoms with van der Waals surface area (Å²) in [6, 6.07) is 6.46. The number of nitrogens with one attached hydrogen (secondary N) is 1. The molecule has 0 spiro atoms. The monoisotopic (exact) mass is 402 g/mol. The second-order valence-corrected chi connectivity index (χ2v) is 7.10. The number of benzene rings is 1. The topological polar surface area (TPSA) is 77.8 Å². The molecule has 150 valence electrons. The summed E-state index contributed by atoms with van der Waals surface area (Å²) in [5.74, 6) is 1.73. The van der Waals surface area contributed by atoms with Crippen LogP contribution in [0.1, 0.15) is 44.9 Å². The van der Waals surface area contributed by atoms with Gasteiger partial charge >= 0.3 is 0 Å². The van der Waals surface area contributed by atoms with E-state index >= 15 is 0 Å². The van der Waals surface area contributed by atoms with Gasteiger partial charge in [0.25, 0.3) is 0 Å². The minimum Gasteiger partial charge on any atom is -0.492 e. The van der Waals surface area contributed by atoms with E-state index in [0.29, 0.717) is 19.2 Å². The molecule has 28 heavy (non-hydrogen) atoms. The van der Waals surface area contributed by atoms with E-state index in [2.05, 4.69) is 25.6 Å². The molecule has 0 saturated heterocycles. The van der Waals surface area contributed by atoms with Gasteiger partial charge in [0.1, 0.15) is 24.5 Å². The number of hydrogen-bond acceptors (Lipinski definition) is 6. The fraction of sp³-hybridized carbons (Fsp3) is 0.500. The first-order valence-electron chi connectivity index (χ1n) is 9.87. The van der Waals surface area contributed by atoms with E-state index in [4.69, 9.17) is 4.74 Å². The molecule has 7 nitrogen and oxygen atoms in total. The van der Waals surface area contributed by atoms with Gasteiger partial charge in [-0.25, -0.2) is 14.6 Å². The van der Waals surface area contributed by atoms with Crippen LogP contribution in [-0.4, -0.2) is 37.6 Å². The summed E-state index contributed by atoms with van der Waals surface area (Å²) in [5.41, 5.74) is 0.932. The lowest BCUT2D eigenvalue weighted by Gasteiger charge is -2.22. The average Bonchev–Trinajstić information content (AvgIpc) is 3.17. The van der Waals surface area contributed by atoms with Crippen LogP contribution in [0.4, 0.5) is 5.82 Å². The van der Waals surface area contributed by atoms with Crippen LogP contribution in [0.15, 0.2) is 36.9 Å². The quantitative estimate of drug-likeness (QED) is 0.664. The van der Waals surface area contributed by atoms with Gasteiger partial charge in [-0.05, 0) is 31.0 Å². The van der Waals surface area contributed by atoms with Gasteiger partial charge < -0.3 is 10.1 Å². The van der Waals surface area contributed by atoms with Gasteiger partial charge in [0, 0.05) is 17.6 Å². The molecule has 4 rings (SSSR count). The van der Waals surface area contributed by atoms with E-state index in [9.17, 15) is 0 Å². The number of halogens is 1. The molecule has 1 aliphatic rings. The highest BCUT2D eigenvalue weighted by atomic mass is 35.5. The molecule has 0 unspecified atom stereocenters. The van der Waals surface area contributed by atoms with Crippen LogP contribution in [0.25, 0.3) is 10.9 Å². The molecule has 2 heterocycles. The highest BCUT2D eigenvalue weighted by Gasteiger charge is 2.14. The Labute approximate surface area is 171 Å². The number of hydrogen-bond donors (Lipinski definition) is 1. The third-order valence-corrected chi connectivity index (χ3v) is 5.11. The Hall–Kier alpha value is -2.41. The first-order valence-corrected chi connectivity index (χ1v) is 9.87. The van der Waals surface area contributed by atoms with Crippen LogP contribution >= 0.6 is 12.4 Å². The smallest absolute Gasteiger partial charge is 0.137 e. The predicted molar refractivity (Wildman–Crippen MR) is 112 cm³/mol. The van der Waals surface area contributed by atoms with Crippen molar-refractivity contribution in [2.24, 2.45) is 0 Å². The van der Waals surface area contributed by atoms with Crippen LogP contribution in [0.2, 0.25) is 0 Å². The maximum atomic E-state index is 5.90. The normalized spacial score (nSPS) is 15.4. The lowest BCUT2D eigenvalue weighted by molar-refractivity contribution is 0.290. The summed E-state index contributed by atoms with van der Waals surface area (Å²) >= 11 is 0. The van der Waals surface area contributed by atoms with Crippen molar-refractivity contribution >= 4 is 29.1 Å². The molecule has 0 amide bonds. The first kappa shape index (κ1) is 20.3. The number of ether oxygens (including phenoxy) is 1. The van der Waals surface area contributed by atoms with Crippen LogP contribution in [0.5, 0.6) is 5.75 Å². The number of nitrogens with zero attached hydrogens (tertiary/aromatic N) is 5. The average molecular weight is 403 g/mol. The molecule has 0 atom stereocenters. The first-order chi connectivity index (χ1) is 13.4. The Balaban J connectivity index is 0.00000225. The van der Waals surface area contributed by atoms with E-state index in [1.807, 2.05) is 24.4 Å². The van der Waals surface area contributed by atoms with Gasteiger partial charge in [0.15, 0.2) is 0 Å². The lowest BCUT2D eigenvalue weighted by atomic mass is 9.96. The number of rotatable bonds is 6. The minimum atomic E-state index is 0. The third-order valence-electron chi connectivity index (χ3n) is 5.11. The highest BCUT2D eigenvalue weighted by Crippen LogP contribution is 2.27. The standard InChI is InChI=1S/C20H26N6O.ClH/c1-2-4-6-16(7-5-3-1)24-20-18-14-17(8-9-19(18)21-15-22-20)27-13-12-26-11-10-23-25-26;/h8-11,14-16H,1-7,12-13H2,(H,21,22,24);1H. The molecule has 1 aliphatic carbocycles. The molecule has 1 N–H and O–H groups in total. The second kappa shape index (κ2) is 10.2. The van der Waals surface area contributed by atoms with Crippen molar-refractivity contribution in [2.45, 2.75) is 57.5 Å². The zero-order valence-electron chi connectivity index (χ0n) is 16.0. The predicted octanol–water partition coefficient (Wildman–Crippen LogP) is 4.25. The van der Waals surface area contributed by atoms with Crippen molar-refractivity contribution < 1.29 is 4.74 Å². The molecule has 2 aromatic heterocycles. The van der Waals surface area contributed by atoms with E-state index < -0.39 is 0 Å². The molecule has 1 aromatic carbocycles. The maximum absolute atomic E-state index is 5.90. The second-order valence-electron chi connectivity index (χ2n) is 7.10. The van der Waals surface area contributed by atoms with Crippen molar-refractivity contribution in [3.05, 3.63) is 36.9 Å². The summed E-state index contributed by atoms with van der Waals surface area (Å²) in [7, 11) is 0. The van der Waals surface area contributed by atoms with Crippen molar-refractivity contribution in [2.75, 3.05) is 11.9 Å². The van der Waals surface area contributed by atoms with Gasteiger partial charge in [0.2, 0.25) is 0 Å². The van der Waals surface area contributed by atoms with Crippen molar-refractivity contribution in [1.29, 1.82) is 0 Å². The summed E-state index contributed by atoms with van der Waals surface area (Å²) in [6.07, 6.45) is 14.2. The van der Waals surface area contributed by atoms with Gasteiger partial charge in [-0.2, -0.15) is 0 Å². The number of anilines is 1. The molecular weight excluding hydrogens is 376 g/mol. The van der Waals surface area contributed by atoms with E-state index in [0.717, 1.165) is 22.5 Å². The molecule has 1 saturated carbocycles.